The van der Waals surface area contributed by atoms with E-state index in [1.165, 1.54) is 26.2 Å². The number of methoxy groups -OCH3 is 1. The Labute approximate surface area is 149 Å². The molecule has 1 N–H and O–H groups in total. The molecule has 0 aliphatic carbocycles. The first kappa shape index (κ1) is 17.4. The summed E-state index contributed by atoms with van der Waals surface area (Å²) in [6.45, 7) is 1.45. The van der Waals surface area contributed by atoms with Crippen LogP contribution in [0.1, 0.15) is 17.3 Å². The molecule has 1 aliphatic heterocycles. The zero-order valence-corrected chi connectivity index (χ0v) is 14.8. The number of sulfone groups is 1. The van der Waals surface area contributed by atoms with Crippen LogP contribution in [0.2, 0.25) is 5.02 Å². The summed E-state index contributed by atoms with van der Waals surface area (Å²) in [4.78, 5) is 12.0. The fourth-order valence-electron chi connectivity index (χ4n) is 2.63. The lowest BCUT2D eigenvalue weighted by atomic mass is 10.1. The molecule has 0 aromatic heterocycles. The molecule has 0 radical (unpaired) electrons. The van der Waals surface area contributed by atoms with Gasteiger partial charge in [-0.1, -0.05) is 23.7 Å². The number of anilines is 1. The van der Waals surface area contributed by atoms with Gasteiger partial charge in [0.25, 0.3) is 0 Å². The number of Topliss-reactive ketones (excluding diaryl/α,β-unsaturated/α-hetero) is 1. The molecule has 2 aromatic rings. The average molecular weight is 382 g/mol. The van der Waals surface area contributed by atoms with Crippen LogP contribution in [0.5, 0.6) is 5.75 Å². The van der Waals surface area contributed by atoms with E-state index in [1.807, 2.05) is 0 Å². The summed E-state index contributed by atoms with van der Waals surface area (Å²) in [5, 5.41) is 2.71. The van der Waals surface area contributed by atoms with E-state index in [0.29, 0.717) is 5.75 Å². The molecular formula is C17H13ClFNO4S. The Morgan fingerprint density at radius 2 is 1.96 bits per heavy atom. The minimum Gasteiger partial charge on any atom is -0.497 e. The molecular weight excluding hydrogens is 369 g/mol. The van der Waals surface area contributed by atoms with Crippen molar-refractivity contribution in [3.63, 3.8) is 0 Å². The van der Waals surface area contributed by atoms with Crippen LogP contribution in [0, 0.1) is 5.82 Å². The van der Waals surface area contributed by atoms with Crippen LogP contribution >= 0.6 is 11.6 Å². The second kappa shape index (κ2) is 6.16. The quantitative estimate of drug-likeness (QED) is 0.819. The minimum atomic E-state index is -4.24. The summed E-state index contributed by atoms with van der Waals surface area (Å²) in [5.41, 5.74) is 0.321. The number of ether oxygens (including phenoxy) is 1. The summed E-state index contributed by atoms with van der Waals surface area (Å²) >= 11 is 5.93. The lowest BCUT2D eigenvalue weighted by molar-refractivity contribution is 0.104. The molecule has 5 nitrogen and oxygen atoms in total. The third-order valence-electron chi connectivity index (χ3n) is 3.77. The summed E-state index contributed by atoms with van der Waals surface area (Å²) in [6.07, 6.45) is 0. The monoisotopic (exact) mass is 381 g/mol. The van der Waals surface area contributed by atoms with Crippen molar-refractivity contribution in [2.75, 3.05) is 12.4 Å². The number of hydrogen-bond donors (Lipinski definition) is 1. The minimum absolute atomic E-state index is 0.0581. The molecule has 25 heavy (non-hydrogen) atoms. The predicted octanol–water partition coefficient (Wildman–Crippen LogP) is 3.80. The van der Waals surface area contributed by atoms with Gasteiger partial charge < -0.3 is 10.1 Å². The molecule has 0 spiro atoms. The number of carbonyl (C=O) groups excluding carboxylic acids is 1. The number of ketones is 1. The van der Waals surface area contributed by atoms with Gasteiger partial charge >= 0.3 is 0 Å². The lowest BCUT2D eigenvalue weighted by Crippen LogP contribution is -2.24. The van der Waals surface area contributed by atoms with Crippen LogP contribution in [0.3, 0.4) is 0 Å². The van der Waals surface area contributed by atoms with Gasteiger partial charge in [-0.05, 0) is 31.2 Å². The Morgan fingerprint density at radius 3 is 2.64 bits per heavy atom. The fraction of sp³-hybridized carbons (Fsp3) is 0.118. The molecule has 130 valence electrons. The van der Waals surface area contributed by atoms with E-state index in [2.05, 4.69) is 5.32 Å². The molecule has 1 aliphatic rings. The Balaban J connectivity index is 2.18. The van der Waals surface area contributed by atoms with Gasteiger partial charge in [0.05, 0.1) is 22.7 Å². The van der Waals surface area contributed by atoms with E-state index in [9.17, 15) is 17.6 Å². The molecule has 1 heterocycles. The number of carbonyl (C=O) groups is 1. The fourth-order valence-corrected chi connectivity index (χ4v) is 4.67. The van der Waals surface area contributed by atoms with Gasteiger partial charge in [0, 0.05) is 11.3 Å². The maximum absolute atomic E-state index is 13.7. The van der Waals surface area contributed by atoms with E-state index < -0.39 is 26.3 Å². The zero-order chi connectivity index (χ0) is 18.4. The van der Waals surface area contributed by atoms with E-state index in [0.717, 1.165) is 12.1 Å². The van der Waals surface area contributed by atoms with Crippen molar-refractivity contribution >= 4 is 32.9 Å². The van der Waals surface area contributed by atoms with E-state index in [4.69, 9.17) is 16.3 Å². The van der Waals surface area contributed by atoms with Crippen molar-refractivity contribution in [3.8, 4) is 5.75 Å². The molecule has 2 aromatic carbocycles. The Bertz CT molecular complexity index is 1030. The van der Waals surface area contributed by atoms with Crippen molar-refractivity contribution in [2.24, 2.45) is 0 Å². The van der Waals surface area contributed by atoms with Gasteiger partial charge in [-0.2, -0.15) is 0 Å². The molecule has 0 fully saturated rings. The lowest BCUT2D eigenvalue weighted by Gasteiger charge is -2.23. The van der Waals surface area contributed by atoms with Gasteiger partial charge in [0.2, 0.25) is 15.6 Å². The molecule has 0 saturated carbocycles. The van der Waals surface area contributed by atoms with Crippen LogP contribution in [-0.4, -0.2) is 21.3 Å². The Morgan fingerprint density at radius 1 is 1.24 bits per heavy atom. The second-order valence-electron chi connectivity index (χ2n) is 5.40. The van der Waals surface area contributed by atoms with Gasteiger partial charge in [-0.25, -0.2) is 12.8 Å². The zero-order valence-electron chi connectivity index (χ0n) is 13.3. The van der Waals surface area contributed by atoms with Crippen molar-refractivity contribution < 1.29 is 22.3 Å². The largest absolute Gasteiger partial charge is 0.497 e. The van der Waals surface area contributed by atoms with Gasteiger partial charge in [0.15, 0.2) is 0 Å². The first-order valence-electron chi connectivity index (χ1n) is 7.16. The highest BCUT2D eigenvalue weighted by Crippen LogP contribution is 2.40. The van der Waals surface area contributed by atoms with Crippen LogP contribution in [-0.2, 0) is 9.84 Å². The maximum atomic E-state index is 13.7. The number of hydrogen-bond acceptors (Lipinski definition) is 5. The highest BCUT2D eigenvalue weighted by Gasteiger charge is 2.37. The highest BCUT2D eigenvalue weighted by atomic mass is 35.5. The number of fused-ring (bicyclic) bond motifs is 1. The molecule has 0 bridgehead atoms. The standard InChI is InChI=1S/C17H13ClFNO4S/c1-9-17(16(21)10-4-3-5-12(6-10)24-2)25(22,23)14-8-11(19)7-13(18)15(14)20-9/h3-8,20H,1-2H3. The normalized spacial score (nSPS) is 15.4. The summed E-state index contributed by atoms with van der Waals surface area (Å²) < 4.78 is 44.5. The molecule has 0 saturated heterocycles. The maximum Gasteiger partial charge on any atom is 0.214 e. The van der Waals surface area contributed by atoms with E-state index in [-0.39, 0.29) is 26.9 Å². The van der Waals surface area contributed by atoms with E-state index >= 15 is 0 Å². The van der Waals surface area contributed by atoms with Gasteiger partial charge in [0.1, 0.15) is 16.5 Å². The number of allylic oxidation sites excluding steroid dienone is 2. The molecule has 0 atom stereocenters. The van der Waals surface area contributed by atoms with Crippen molar-refractivity contribution in [1.82, 2.24) is 0 Å². The predicted molar refractivity (Wildman–Crippen MR) is 92.2 cm³/mol. The van der Waals surface area contributed by atoms with Crippen LogP contribution in [0.15, 0.2) is 51.9 Å². The topological polar surface area (TPSA) is 72.5 Å². The number of benzene rings is 2. The van der Waals surface area contributed by atoms with Crippen molar-refractivity contribution in [1.29, 1.82) is 0 Å². The van der Waals surface area contributed by atoms with Crippen LogP contribution in [0.25, 0.3) is 0 Å². The van der Waals surface area contributed by atoms with Gasteiger partial charge in [-0.15, -0.1) is 0 Å². The number of rotatable bonds is 3. The van der Waals surface area contributed by atoms with Gasteiger partial charge in [-0.3, -0.25) is 4.79 Å². The summed E-state index contributed by atoms with van der Waals surface area (Å²) in [5.74, 6) is -1.10. The van der Waals surface area contributed by atoms with Crippen molar-refractivity contribution in [3.05, 3.63) is 63.4 Å². The summed E-state index contributed by atoms with van der Waals surface area (Å²) in [6, 6.07) is 7.98. The molecule has 0 unspecified atom stereocenters. The Kier molecular flexibility index (Phi) is 4.30. The SMILES string of the molecule is COc1cccc(C(=O)C2=C(C)Nc3c(Cl)cc(F)cc3S2(=O)=O)c1. The number of halogens is 2. The first-order valence-corrected chi connectivity index (χ1v) is 9.02. The smallest absolute Gasteiger partial charge is 0.214 e. The summed E-state index contributed by atoms with van der Waals surface area (Å²) in [7, 11) is -2.80. The third kappa shape index (κ3) is 2.89. The molecule has 0 amide bonds. The number of nitrogens with one attached hydrogen (secondary N) is 1. The highest BCUT2D eigenvalue weighted by molar-refractivity contribution is 7.96. The molecule has 3 rings (SSSR count). The van der Waals surface area contributed by atoms with Crippen LogP contribution in [0.4, 0.5) is 10.1 Å². The second-order valence-corrected chi connectivity index (χ2v) is 7.67. The van der Waals surface area contributed by atoms with Crippen molar-refractivity contribution in [2.45, 2.75) is 11.8 Å². The third-order valence-corrected chi connectivity index (χ3v) is 6.00. The average Bonchev–Trinajstić information content (AvgIpc) is 2.56. The molecule has 8 heteroatoms. The van der Waals surface area contributed by atoms with Crippen LogP contribution < -0.4 is 10.1 Å². The Hall–Kier alpha value is -2.38. The first-order chi connectivity index (χ1) is 11.8. The van der Waals surface area contributed by atoms with E-state index in [1.54, 1.807) is 12.1 Å².